The van der Waals surface area contributed by atoms with E-state index in [1.54, 1.807) is 6.07 Å². The third kappa shape index (κ3) is 0.910. The maximum atomic E-state index is 5.69. The number of fused-ring (bicyclic) bond motifs is 1. The third-order valence-corrected chi connectivity index (χ3v) is 1.73. The fourth-order valence-electron chi connectivity index (χ4n) is 0.955. The van der Waals surface area contributed by atoms with Gasteiger partial charge in [-0.1, -0.05) is 11.6 Å². The average Bonchev–Trinajstić information content (AvgIpc) is 2.54. The molecular weight excluding hydrogens is 180 g/mol. The number of nitrogens with two attached hydrogens (primary N) is 1. The van der Waals surface area contributed by atoms with Gasteiger partial charge in [-0.05, 0) is 6.07 Å². The zero-order valence-electron chi connectivity index (χ0n) is 5.91. The van der Waals surface area contributed by atoms with Gasteiger partial charge in [0.15, 0.2) is 16.6 Å². The van der Waals surface area contributed by atoms with Crippen LogP contribution in [0.2, 0.25) is 5.15 Å². The first-order valence-electron chi connectivity index (χ1n) is 3.19. The molecule has 0 fully saturated rings. The summed E-state index contributed by atoms with van der Waals surface area (Å²) in [4.78, 5) is 0. The van der Waals surface area contributed by atoms with Gasteiger partial charge in [0.2, 0.25) is 0 Å². The van der Waals surface area contributed by atoms with Crippen molar-refractivity contribution in [2.75, 3.05) is 5.43 Å². The molecule has 0 amide bonds. The van der Waals surface area contributed by atoms with Crippen LogP contribution in [0.1, 0.15) is 0 Å². The molecule has 62 valence electrons. The van der Waals surface area contributed by atoms with E-state index in [1.807, 2.05) is 0 Å². The lowest BCUT2D eigenvalue weighted by Crippen LogP contribution is -2.09. The molecule has 0 unspecified atom stereocenters. The Morgan fingerprint density at radius 2 is 2.33 bits per heavy atom. The number of aromatic nitrogens is 2. The summed E-state index contributed by atoms with van der Waals surface area (Å²) in [6, 6.07) is 1.71. The smallest absolute Gasteiger partial charge is 0.195 e. The second-order valence-electron chi connectivity index (χ2n) is 2.15. The predicted octanol–water partition coefficient (Wildman–Crippen LogP) is 1.16. The minimum atomic E-state index is 0.231. The highest BCUT2D eigenvalue weighted by molar-refractivity contribution is 6.33. The van der Waals surface area contributed by atoms with Crippen LogP contribution in [0, 0.1) is 0 Å². The summed E-state index contributed by atoms with van der Waals surface area (Å²) in [6.45, 7) is 0. The summed E-state index contributed by atoms with van der Waals surface area (Å²) < 4.78 is 5.06. The van der Waals surface area contributed by atoms with Gasteiger partial charge in [0.25, 0.3) is 0 Å². The molecule has 6 heteroatoms. The van der Waals surface area contributed by atoms with Gasteiger partial charge in [0.05, 0.1) is 11.6 Å². The van der Waals surface area contributed by atoms with Gasteiger partial charge in [-0.2, -0.15) is 0 Å². The second kappa shape index (κ2) is 2.62. The number of halogens is 1. The number of nitrogen functional groups attached to an aromatic ring is 1. The second-order valence-corrected chi connectivity index (χ2v) is 2.51. The molecule has 2 aromatic rings. The summed E-state index contributed by atoms with van der Waals surface area (Å²) >= 11 is 5.69. The lowest BCUT2D eigenvalue weighted by atomic mass is 10.3. The molecule has 0 bridgehead atoms. The van der Waals surface area contributed by atoms with E-state index < -0.39 is 0 Å². The number of nitrogens with zero attached hydrogens (tertiary/aromatic N) is 2. The molecule has 0 spiro atoms. The van der Waals surface area contributed by atoms with Crippen molar-refractivity contribution in [3.63, 3.8) is 0 Å². The van der Waals surface area contributed by atoms with Crippen LogP contribution in [-0.4, -0.2) is 10.2 Å². The minimum Gasteiger partial charge on any atom is -0.461 e. The van der Waals surface area contributed by atoms with Crippen LogP contribution in [0.3, 0.4) is 0 Å². The molecule has 2 aromatic heterocycles. The molecule has 0 saturated carbocycles. The van der Waals surface area contributed by atoms with Crippen LogP contribution in [0.5, 0.6) is 0 Å². The van der Waals surface area contributed by atoms with Crippen molar-refractivity contribution in [1.82, 2.24) is 10.2 Å². The monoisotopic (exact) mass is 184 g/mol. The van der Waals surface area contributed by atoms with Gasteiger partial charge in [-0.15, -0.1) is 10.2 Å². The van der Waals surface area contributed by atoms with E-state index in [-0.39, 0.29) is 5.15 Å². The lowest BCUT2D eigenvalue weighted by Gasteiger charge is -1.98. The fourth-order valence-corrected chi connectivity index (χ4v) is 1.14. The average molecular weight is 185 g/mol. The Balaban J connectivity index is 2.82. The summed E-state index contributed by atoms with van der Waals surface area (Å²) in [6.07, 6.45) is 1.50. The van der Waals surface area contributed by atoms with Crippen LogP contribution in [-0.2, 0) is 0 Å². The Labute approximate surface area is 72.5 Å². The molecule has 2 heterocycles. The maximum absolute atomic E-state index is 5.69. The maximum Gasteiger partial charge on any atom is 0.195 e. The van der Waals surface area contributed by atoms with Gasteiger partial charge >= 0.3 is 0 Å². The van der Waals surface area contributed by atoms with Crippen molar-refractivity contribution in [2.45, 2.75) is 0 Å². The number of anilines is 1. The summed E-state index contributed by atoms with van der Waals surface area (Å²) in [5, 5.41) is 8.30. The van der Waals surface area contributed by atoms with Crippen molar-refractivity contribution < 1.29 is 4.42 Å². The van der Waals surface area contributed by atoms with E-state index >= 15 is 0 Å². The SMILES string of the molecule is NNc1nnc(Cl)c2occc12. The molecule has 0 atom stereocenters. The highest BCUT2D eigenvalue weighted by Gasteiger charge is 2.08. The standard InChI is InChI=1S/C6H5ClN4O/c7-5-4-3(1-2-12-4)6(9-8)11-10-5/h1-2H,8H2,(H,9,11). The largest absolute Gasteiger partial charge is 0.461 e. The minimum absolute atomic E-state index is 0.231. The quantitative estimate of drug-likeness (QED) is 0.514. The topological polar surface area (TPSA) is 77.0 Å². The Morgan fingerprint density at radius 3 is 3.08 bits per heavy atom. The molecule has 0 aliphatic heterocycles. The Morgan fingerprint density at radius 1 is 1.50 bits per heavy atom. The number of nitrogens with one attached hydrogen (secondary N) is 1. The first-order chi connectivity index (χ1) is 5.83. The van der Waals surface area contributed by atoms with Crippen molar-refractivity contribution >= 4 is 28.4 Å². The summed E-state index contributed by atoms with van der Waals surface area (Å²) in [5.41, 5.74) is 2.88. The van der Waals surface area contributed by atoms with Crippen LogP contribution in [0.15, 0.2) is 16.7 Å². The fraction of sp³-hybridized carbons (Fsp3) is 0. The summed E-state index contributed by atoms with van der Waals surface area (Å²) in [7, 11) is 0. The van der Waals surface area contributed by atoms with E-state index in [0.29, 0.717) is 11.4 Å². The first-order valence-corrected chi connectivity index (χ1v) is 3.56. The molecule has 5 nitrogen and oxygen atoms in total. The Bertz CT molecular complexity index is 413. The Kier molecular flexibility index (Phi) is 1.60. The van der Waals surface area contributed by atoms with E-state index in [1.165, 1.54) is 6.26 Å². The molecule has 0 aliphatic carbocycles. The third-order valence-electron chi connectivity index (χ3n) is 1.48. The lowest BCUT2D eigenvalue weighted by molar-refractivity contribution is 0.613. The van der Waals surface area contributed by atoms with Gasteiger partial charge < -0.3 is 9.84 Å². The van der Waals surface area contributed by atoms with E-state index in [9.17, 15) is 0 Å². The van der Waals surface area contributed by atoms with E-state index in [0.717, 1.165) is 5.39 Å². The number of hydrogen-bond acceptors (Lipinski definition) is 5. The van der Waals surface area contributed by atoms with E-state index in [2.05, 4.69) is 15.6 Å². The predicted molar refractivity (Wildman–Crippen MR) is 44.6 cm³/mol. The Hall–Kier alpha value is -1.33. The molecule has 0 saturated heterocycles. The highest BCUT2D eigenvalue weighted by Crippen LogP contribution is 2.25. The van der Waals surface area contributed by atoms with Crippen molar-refractivity contribution in [3.05, 3.63) is 17.5 Å². The van der Waals surface area contributed by atoms with Gasteiger partial charge in [-0.3, -0.25) is 0 Å². The molecule has 2 rings (SSSR count). The van der Waals surface area contributed by atoms with Crippen molar-refractivity contribution in [3.8, 4) is 0 Å². The molecule has 0 radical (unpaired) electrons. The number of rotatable bonds is 1. The zero-order valence-corrected chi connectivity index (χ0v) is 6.67. The molecular formula is C6H5ClN4O. The van der Waals surface area contributed by atoms with Gasteiger partial charge in [0, 0.05) is 0 Å². The normalized spacial score (nSPS) is 10.5. The van der Waals surface area contributed by atoms with Crippen molar-refractivity contribution in [2.24, 2.45) is 5.84 Å². The van der Waals surface area contributed by atoms with Gasteiger partial charge in [-0.25, -0.2) is 5.84 Å². The number of hydrogen-bond donors (Lipinski definition) is 2. The van der Waals surface area contributed by atoms with Crippen molar-refractivity contribution in [1.29, 1.82) is 0 Å². The van der Waals surface area contributed by atoms with E-state index in [4.69, 9.17) is 21.9 Å². The molecule has 12 heavy (non-hydrogen) atoms. The van der Waals surface area contributed by atoms with Gasteiger partial charge in [0.1, 0.15) is 0 Å². The number of furan rings is 1. The molecule has 0 aliphatic rings. The first kappa shape index (κ1) is 7.33. The highest BCUT2D eigenvalue weighted by atomic mass is 35.5. The zero-order chi connectivity index (χ0) is 8.55. The van der Waals surface area contributed by atoms with Crippen LogP contribution >= 0.6 is 11.6 Å². The summed E-state index contributed by atoms with van der Waals surface area (Å²) in [5.74, 6) is 5.64. The van der Waals surface area contributed by atoms with Crippen LogP contribution in [0.25, 0.3) is 11.0 Å². The molecule has 3 N–H and O–H groups in total. The van der Waals surface area contributed by atoms with Crippen LogP contribution in [0.4, 0.5) is 5.82 Å². The van der Waals surface area contributed by atoms with Crippen LogP contribution < -0.4 is 11.3 Å². The molecule has 0 aromatic carbocycles. The number of hydrazine groups is 1.